The highest BCUT2D eigenvalue weighted by atomic mass is 31.0. The number of anilines is 1. The molecular weight excluding hydrogens is 325 g/mol. The first-order chi connectivity index (χ1) is 12.2. The molecule has 4 heteroatoms. The summed E-state index contributed by atoms with van der Waals surface area (Å²) < 4.78 is 0. The number of hydrogen-bond donors (Lipinski definition) is 1. The highest BCUT2D eigenvalue weighted by Gasteiger charge is 2.21. The predicted octanol–water partition coefficient (Wildman–Crippen LogP) is 3.75. The number of nitrogens with one attached hydrogen (secondary N) is 1. The molecular formula is C21H40N3P. The fourth-order valence-corrected chi connectivity index (χ4v) is 3.77. The van der Waals surface area contributed by atoms with Crippen molar-refractivity contribution in [3.8, 4) is 0 Å². The summed E-state index contributed by atoms with van der Waals surface area (Å²) in [4.78, 5) is 5.19. The average Bonchev–Trinajstić information content (AvgIpc) is 2.66. The maximum absolute atomic E-state index is 3.46. The first-order valence-electron chi connectivity index (χ1n) is 10.3. The van der Waals surface area contributed by atoms with Gasteiger partial charge < -0.3 is 10.2 Å². The standard InChI is InChI=1S/C16H26N3P.C3H8.C2H6/c20-16-4-2-1-3-15(16)19-11-9-18(10-12-19)13-14-5-7-17-8-6-14;1-3-2;1-2/h1-4,14,17H,5-13,20H2;3H2,1-2H3;1-2H3. The Bertz CT molecular complexity index is 439. The quantitative estimate of drug-likeness (QED) is 0.823. The van der Waals surface area contributed by atoms with Gasteiger partial charge in [0.2, 0.25) is 0 Å². The van der Waals surface area contributed by atoms with Gasteiger partial charge in [0.25, 0.3) is 0 Å². The van der Waals surface area contributed by atoms with Crippen molar-refractivity contribution in [1.29, 1.82) is 0 Å². The van der Waals surface area contributed by atoms with E-state index in [9.17, 15) is 0 Å². The van der Waals surface area contributed by atoms with Crippen molar-refractivity contribution in [1.82, 2.24) is 10.2 Å². The molecule has 0 amide bonds. The number of nitrogens with zero attached hydrogens (tertiary/aromatic N) is 2. The van der Waals surface area contributed by atoms with Crippen LogP contribution in [0.15, 0.2) is 24.3 Å². The van der Waals surface area contributed by atoms with Crippen molar-refractivity contribution < 1.29 is 0 Å². The minimum atomic E-state index is 0.914. The fraction of sp³-hybridized carbons (Fsp3) is 0.714. The fourth-order valence-electron chi connectivity index (χ4n) is 3.38. The minimum absolute atomic E-state index is 0.914. The highest BCUT2D eigenvalue weighted by Crippen LogP contribution is 2.18. The van der Waals surface area contributed by atoms with Gasteiger partial charge in [-0.15, -0.1) is 9.24 Å². The van der Waals surface area contributed by atoms with Crippen molar-refractivity contribution in [2.75, 3.05) is 50.7 Å². The van der Waals surface area contributed by atoms with Gasteiger partial charge in [-0.3, -0.25) is 4.90 Å². The summed E-state index contributed by atoms with van der Waals surface area (Å²) in [7, 11) is 2.86. The van der Waals surface area contributed by atoms with Crippen molar-refractivity contribution in [2.45, 2.75) is 47.0 Å². The summed E-state index contributed by atoms with van der Waals surface area (Å²) in [5.41, 5.74) is 1.39. The van der Waals surface area contributed by atoms with Gasteiger partial charge in [-0.05, 0) is 43.2 Å². The molecule has 1 atom stereocenters. The zero-order chi connectivity index (χ0) is 18.5. The van der Waals surface area contributed by atoms with E-state index in [-0.39, 0.29) is 0 Å². The van der Waals surface area contributed by atoms with Crippen molar-refractivity contribution in [3.63, 3.8) is 0 Å². The molecule has 1 aromatic rings. The van der Waals surface area contributed by atoms with Crippen molar-refractivity contribution in [3.05, 3.63) is 24.3 Å². The Kier molecular flexibility index (Phi) is 12.2. The molecule has 3 rings (SSSR count). The van der Waals surface area contributed by atoms with Crippen LogP contribution in [0.3, 0.4) is 0 Å². The van der Waals surface area contributed by atoms with Crippen LogP contribution in [0.5, 0.6) is 0 Å². The number of benzene rings is 1. The van der Waals surface area contributed by atoms with Gasteiger partial charge in [-0.1, -0.05) is 52.3 Å². The summed E-state index contributed by atoms with van der Waals surface area (Å²) in [6.07, 6.45) is 3.96. The molecule has 3 nitrogen and oxygen atoms in total. The molecule has 0 radical (unpaired) electrons. The summed E-state index contributed by atoms with van der Waals surface area (Å²) in [6.45, 7) is 16.7. The Hall–Kier alpha value is -0.630. The number of rotatable bonds is 3. The lowest BCUT2D eigenvalue weighted by atomic mass is 9.97. The van der Waals surface area contributed by atoms with E-state index in [1.54, 1.807) is 0 Å². The molecule has 144 valence electrons. The second kappa shape index (κ2) is 13.6. The zero-order valence-corrected chi connectivity index (χ0v) is 18.1. The maximum Gasteiger partial charge on any atom is 0.0439 e. The van der Waals surface area contributed by atoms with Gasteiger partial charge in [-0.2, -0.15) is 0 Å². The number of piperazine rings is 1. The molecule has 2 heterocycles. The molecule has 2 fully saturated rings. The smallest absolute Gasteiger partial charge is 0.0439 e. The third-order valence-corrected chi connectivity index (χ3v) is 5.11. The monoisotopic (exact) mass is 365 g/mol. The molecule has 0 aromatic heterocycles. The van der Waals surface area contributed by atoms with Crippen LogP contribution in [0.2, 0.25) is 0 Å². The second-order valence-corrected chi connectivity index (χ2v) is 7.37. The van der Waals surface area contributed by atoms with Gasteiger partial charge in [-0.25, -0.2) is 0 Å². The second-order valence-electron chi connectivity index (χ2n) is 6.75. The molecule has 0 aliphatic carbocycles. The van der Waals surface area contributed by atoms with Crippen LogP contribution in [0.25, 0.3) is 0 Å². The number of para-hydroxylation sites is 1. The molecule has 2 aliphatic heterocycles. The summed E-state index contributed by atoms with van der Waals surface area (Å²) in [5.74, 6) is 0.914. The first-order valence-corrected chi connectivity index (χ1v) is 10.8. The molecule has 0 saturated carbocycles. The molecule has 25 heavy (non-hydrogen) atoms. The number of hydrogen-bond acceptors (Lipinski definition) is 3. The lowest BCUT2D eigenvalue weighted by Gasteiger charge is -2.38. The van der Waals surface area contributed by atoms with E-state index in [0.29, 0.717) is 0 Å². The van der Waals surface area contributed by atoms with Crippen LogP contribution in [0.1, 0.15) is 47.0 Å². The van der Waals surface area contributed by atoms with Crippen molar-refractivity contribution >= 4 is 20.2 Å². The highest BCUT2D eigenvalue weighted by molar-refractivity contribution is 7.28. The summed E-state index contributed by atoms with van der Waals surface area (Å²) in [6, 6.07) is 8.68. The van der Waals surface area contributed by atoms with E-state index in [1.165, 1.54) is 63.0 Å². The van der Waals surface area contributed by atoms with Crippen LogP contribution in [-0.4, -0.2) is 50.7 Å². The van der Waals surface area contributed by atoms with Gasteiger partial charge in [0.1, 0.15) is 0 Å². The van der Waals surface area contributed by atoms with Gasteiger partial charge in [0, 0.05) is 38.4 Å². The predicted molar refractivity (Wildman–Crippen MR) is 117 cm³/mol. The van der Waals surface area contributed by atoms with Crippen LogP contribution in [-0.2, 0) is 0 Å². The van der Waals surface area contributed by atoms with Crippen LogP contribution in [0.4, 0.5) is 5.69 Å². The first kappa shape index (κ1) is 22.4. The van der Waals surface area contributed by atoms with E-state index >= 15 is 0 Å². The van der Waals surface area contributed by atoms with E-state index in [1.807, 2.05) is 13.8 Å². The van der Waals surface area contributed by atoms with Crippen LogP contribution in [0, 0.1) is 5.92 Å². The van der Waals surface area contributed by atoms with Gasteiger partial charge in [0.05, 0.1) is 0 Å². The minimum Gasteiger partial charge on any atom is -0.368 e. The van der Waals surface area contributed by atoms with Crippen LogP contribution >= 0.6 is 9.24 Å². The molecule has 0 spiro atoms. The average molecular weight is 366 g/mol. The lowest BCUT2D eigenvalue weighted by Crippen LogP contribution is -2.49. The third-order valence-electron chi connectivity index (χ3n) is 4.62. The Labute approximate surface area is 158 Å². The Balaban J connectivity index is 0.000000567. The van der Waals surface area contributed by atoms with Gasteiger partial charge in [0.15, 0.2) is 0 Å². The van der Waals surface area contributed by atoms with Gasteiger partial charge >= 0.3 is 0 Å². The molecule has 1 aromatic carbocycles. The SMILES string of the molecule is CC.CCC.Pc1ccccc1N1CCN(CC2CCNCC2)CC1. The number of piperidine rings is 1. The van der Waals surface area contributed by atoms with Crippen molar-refractivity contribution in [2.24, 2.45) is 5.92 Å². The Morgan fingerprint density at radius 1 is 1.00 bits per heavy atom. The molecule has 0 bridgehead atoms. The Morgan fingerprint density at radius 3 is 2.12 bits per heavy atom. The molecule has 2 saturated heterocycles. The third kappa shape index (κ3) is 8.07. The molecule has 2 aliphatic rings. The van der Waals surface area contributed by atoms with E-state index in [0.717, 1.165) is 19.0 Å². The summed E-state index contributed by atoms with van der Waals surface area (Å²) >= 11 is 0. The molecule has 1 N–H and O–H groups in total. The largest absolute Gasteiger partial charge is 0.368 e. The maximum atomic E-state index is 3.46. The summed E-state index contributed by atoms with van der Waals surface area (Å²) in [5, 5.41) is 4.78. The van der Waals surface area contributed by atoms with E-state index < -0.39 is 0 Å². The topological polar surface area (TPSA) is 18.5 Å². The lowest BCUT2D eigenvalue weighted by molar-refractivity contribution is 0.196. The molecule has 1 unspecified atom stereocenters. The van der Waals surface area contributed by atoms with Crippen LogP contribution < -0.4 is 15.5 Å². The normalized spacial score (nSPS) is 18.7. The van der Waals surface area contributed by atoms with E-state index in [2.05, 4.69) is 62.5 Å². The van der Waals surface area contributed by atoms with E-state index in [4.69, 9.17) is 0 Å². The Morgan fingerprint density at radius 2 is 1.56 bits per heavy atom. The zero-order valence-electron chi connectivity index (χ0n) is 16.9.